The van der Waals surface area contributed by atoms with Crippen LogP contribution in [0.3, 0.4) is 0 Å². The fourth-order valence-corrected chi connectivity index (χ4v) is 7.51. The maximum absolute atomic E-state index is 13.9. The van der Waals surface area contributed by atoms with Gasteiger partial charge in [0.05, 0.1) is 11.5 Å². The molecule has 6 heteroatoms. The topological polar surface area (TPSA) is 26.3 Å². The van der Waals surface area contributed by atoms with Crippen molar-refractivity contribution in [3.63, 3.8) is 0 Å². The maximum atomic E-state index is 13.9. The first-order valence-electron chi connectivity index (χ1n) is 14.3. The largest absolute Gasteiger partial charge is 0.426 e. The van der Waals surface area contributed by atoms with Gasteiger partial charge in [-0.2, -0.15) is 13.2 Å². The summed E-state index contributed by atoms with van der Waals surface area (Å²) in [4.78, 5) is 13.0. The summed E-state index contributed by atoms with van der Waals surface area (Å²) < 4.78 is 57.8. The molecule has 3 saturated carbocycles. The molecule has 4 rings (SSSR count). The number of alkyl halides is 3. The van der Waals surface area contributed by atoms with E-state index in [1.807, 2.05) is 0 Å². The minimum atomic E-state index is -4.77. The lowest BCUT2D eigenvalue weighted by molar-refractivity contribution is -0.144. The van der Waals surface area contributed by atoms with Crippen LogP contribution < -0.4 is 4.74 Å². The predicted octanol–water partition coefficient (Wildman–Crippen LogP) is 9.36. The first-order valence-corrected chi connectivity index (χ1v) is 14.3. The summed E-state index contributed by atoms with van der Waals surface area (Å²) >= 11 is 0. The zero-order chi connectivity index (χ0) is 25.7. The predicted molar refractivity (Wildman–Crippen MR) is 133 cm³/mol. The number of halogens is 4. The molecule has 3 aliphatic carbocycles. The van der Waals surface area contributed by atoms with E-state index in [9.17, 15) is 22.4 Å². The fraction of sp³-hybridized carbons (Fsp3) is 0.767. The Hall–Kier alpha value is -1.59. The molecule has 0 saturated heterocycles. The Morgan fingerprint density at radius 3 is 2.36 bits per heavy atom. The van der Waals surface area contributed by atoms with E-state index in [0.29, 0.717) is 18.1 Å². The van der Waals surface area contributed by atoms with Crippen LogP contribution in [0.1, 0.15) is 109 Å². The Morgan fingerprint density at radius 1 is 0.917 bits per heavy atom. The molecule has 0 radical (unpaired) electrons. The van der Waals surface area contributed by atoms with Crippen LogP contribution in [0.25, 0.3) is 0 Å². The van der Waals surface area contributed by atoms with Gasteiger partial charge in [-0.1, -0.05) is 64.7 Å². The summed E-state index contributed by atoms with van der Waals surface area (Å²) in [6, 6.07) is 2.37. The number of benzene rings is 1. The molecule has 0 aliphatic heterocycles. The zero-order valence-corrected chi connectivity index (χ0v) is 21.6. The van der Waals surface area contributed by atoms with E-state index >= 15 is 0 Å². The molecule has 0 bridgehead atoms. The van der Waals surface area contributed by atoms with Gasteiger partial charge in [-0.25, -0.2) is 4.39 Å². The van der Waals surface area contributed by atoms with Crippen molar-refractivity contribution >= 4 is 5.97 Å². The van der Waals surface area contributed by atoms with Gasteiger partial charge in [0.15, 0.2) is 0 Å². The van der Waals surface area contributed by atoms with Crippen molar-refractivity contribution in [3.05, 3.63) is 29.6 Å². The molecule has 3 fully saturated rings. The molecule has 1 aromatic rings. The zero-order valence-electron chi connectivity index (χ0n) is 21.6. The molecule has 2 nitrogen and oxygen atoms in total. The van der Waals surface area contributed by atoms with E-state index in [2.05, 4.69) is 6.92 Å². The Kier molecular flexibility index (Phi) is 9.38. The smallest absolute Gasteiger partial charge is 0.419 e. The van der Waals surface area contributed by atoms with E-state index in [1.165, 1.54) is 64.2 Å². The number of hydrogen-bond donors (Lipinski definition) is 0. The van der Waals surface area contributed by atoms with Crippen LogP contribution in [-0.4, -0.2) is 5.97 Å². The highest BCUT2D eigenvalue weighted by Gasteiger charge is 2.43. The molecule has 1 aromatic carbocycles. The third-order valence-corrected chi connectivity index (χ3v) is 9.48. The van der Waals surface area contributed by atoms with Crippen LogP contribution in [0, 0.1) is 41.3 Å². The van der Waals surface area contributed by atoms with E-state index in [4.69, 9.17) is 4.74 Å². The molecular weight excluding hydrogens is 468 g/mol. The average molecular weight is 511 g/mol. The van der Waals surface area contributed by atoms with E-state index in [-0.39, 0.29) is 17.6 Å². The van der Waals surface area contributed by atoms with Crippen molar-refractivity contribution in [2.75, 3.05) is 0 Å². The second-order valence-electron chi connectivity index (χ2n) is 11.7. The lowest BCUT2D eigenvalue weighted by Gasteiger charge is -2.46. The lowest BCUT2D eigenvalue weighted by atomic mass is 9.59. The molecule has 0 amide bonds. The number of esters is 1. The van der Waals surface area contributed by atoms with Crippen molar-refractivity contribution < 1.29 is 27.1 Å². The fourth-order valence-electron chi connectivity index (χ4n) is 7.51. The summed E-state index contributed by atoms with van der Waals surface area (Å²) in [7, 11) is 0. The van der Waals surface area contributed by atoms with Crippen molar-refractivity contribution in [3.8, 4) is 5.75 Å². The number of fused-ring (bicyclic) bond motifs is 1. The van der Waals surface area contributed by atoms with Gasteiger partial charge < -0.3 is 4.74 Å². The SMILES string of the molecule is CCCCCCC1CCC(C2CCC3C(CCCC3C(=O)Oc3ccc(C(F)(F)F)c(F)c3)C2)CC1. The number of carbonyl (C=O) groups is 1. The lowest BCUT2D eigenvalue weighted by Crippen LogP contribution is -2.40. The van der Waals surface area contributed by atoms with E-state index in [0.717, 1.165) is 55.9 Å². The molecule has 0 N–H and O–H groups in total. The summed E-state index contributed by atoms with van der Waals surface area (Å²) in [6.07, 6.45) is 13.7. The van der Waals surface area contributed by atoms with Crippen LogP contribution >= 0.6 is 0 Å². The molecule has 4 unspecified atom stereocenters. The van der Waals surface area contributed by atoms with Gasteiger partial charge in [-0.15, -0.1) is 0 Å². The Bertz CT molecular complexity index is 859. The monoisotopic (exact) mass is 510 g/mol. The summed E-state index contributed by atoms with van der Waals surface area (Å²) in [5, 5.41) is 0. The standard InChI is InChI=1S/C30H42F4O2/c1-2-3-4-5-7-20-10-12-21(13-11-20)22-14-16-25-23(18-22)8-6-9-26(25)29(35)36-24-15-17-27(28(31)19-24)30(32,33)34/h15,17,19-23,25-26H,2-14,16,18H2,1H3. The average Bonchev–Trinajstić information content (AvgIpc) is 2.85. The highest BCUT2D eigenvalue weighted by molar-refractivity contribution is 5.75. The highest BCUT2D eigenvalue weighted by atomic mass is 19.4. The molecule has 3 aliphatic rings. The minimum Gasteiger partial charge on any atom is -0.426 e. The molecule has 0 aromatic heterocycles. The quantitative estimate of drug-likeness (QED) is 0.151. The first-order chi connectivity index (χ1) is 17.3. The Labute approximate surface area is 213 Å². The minimum absolute atomic E-state index is 0.146. The number of carbonyl (C=O) groups excluding carboxylic acids is 1. The maximum Gasteiger partial charge on any atom is 0.419 e. The molecular formula is C30H42F4O2. The second kappa shape index (κ2) is 12.3. The molecule has 202 valence electrons. The highest BCUT2D eigenvalue weighted by Crippen LogP contribution is 2.50. The number of hydrogen-bond acceptors (Lipinski definition) is 2. The number of ether oxygens (including phenoxy) is 1. The summed E-state index contributed by atoms with van der Waals surface area (Å²) in [6.45, 7) is 2.26. The third kappa shape index (κ3) is 6.83. The third-order valence-electron chi connectivity index (χ3n) is 9.48. The van der Waals surface area contributed by atoms with Crippen LogP contribution in [0.5, 0.6) is 5.75 Å². The van der Waals surface area contributed by atoms with Gasteiger partial charge in [0.2, 0.25) is 0 Å². The van der Waals surface area contributed by atoms with Crippen LogP contribution in [0.4, 0.5) is 17.6 Å². The van der Waals surface area contributed by atoms with Crippen LogP contribution in [-0.2, 0) is 11.0 Å². The van der Waals surface area contributed by atoms with Gasteiger partial charge in [-0.05, 0) is 80.2 Å². The second-order valence-corrected chi connectivity index (χ2v) is 11.7. The summed E-state index contributed by atoms with van der Waals surface area (Å²) in [5.74, 6) is 1.07. The van der Waals surface area contributed by atoms with E-state index in [1.54, 1.807) is 0 Å². The van der Waals surface area contributed by atoms with Crippen molar-refractivity contribution in [2.24, 2.45) is 35.5 Å². The summed E-state index contributed by atoms with van der Waals surface area (Å²) in [5.41, 5.74) is -1.34. The Morgan fingerprint density at radius 2 is 1.67 bits per heavy atom. The van der Waals surface area contributed by atoms with Gasteiger partial charge in [0, 0.05) is 6.07 Å². The van der Waals surface area contributed by atoms with Gasteiger partial charge in [0.25, 0.3) is 0 Å². The number of rotatable bonds is 8. The van der Waals surface area contributed by atoms with Gasteiger partial charge in [0.1, 0.15) is 11.6 Å². The Balaban J connectivity index is 1.28. The molecule has 0 spiro atoms. The van der Waals surface area contributed by atoms with Gasteiger partial charge in [-0.3, -0.25) is 4.79 Å². The van der Waals surface area contributed by atoms with E-state index < -0.39 is 23.5 Å². The van der Waals surface area contributed by atoms with Crippen molar-refractivity contribution in [2.45, 2.75) is 109 Å². The normalized spacial score (nSPS) is 31.0. The molecule has 36 heavy (non-hydrogen) atoms. The van der Waals surface area contributed by atoms with Crippen LogP contribution in [0.2, 0.25) is 0 Å². The van der Waals surface area contributed by atoms with Crippen LogP contribution in [0.15, 0.2) is 18.2 Å². The van der Waals surface area contributed by atoms with Crippen molar-refractivity contribution in [1.29, 1.82) is 0 Å². The first kappa shape index (κ1) is 27.4. The van der Waals surface area contributed by atoms with Gasteiger partial charge >= 0.3 is 12.1 Å². The van der Waals surface area contributed by atoms with Crippen molar-refractivity contribution in [1.82, 2.24) is 0 Å². The molecule has 4 atom stereocenters. The molecule has 0 heterocycles. The number of unbranched alkanes of at least 4 members (excludes halogenated alkanes) is 3.